The van der Waals surface area contributed by atoms with Gasteiger partial charge in [0.05, 0.1) is 0 Å². The molecule has 0 aromatic heterocycles. The van der Waals surface area contributed by atoms with Crippen LogP contribution >= 0.6 is 0 Å². The molecule has 0 spiro atoms. The number of benzene rings is 1. The summed E-state index contributed by atoms with van der Waals surface area (Å²) >= 11 is 0. The van der Waals surface area contributed by atoms with Crippen molar-refractivity contribution in [1.29, 1.82) is 5.39 Å². The highest BCUT2D eigenvalue weighted by atomic mass is 14.9. The summed E-state index contributed by atoms with van der Waals surface area (Å²) < 4.78 is 0. The number of rotatable bonds is 2. The molecular formula is C8H10N3+. The van der Waals surface area contributed by atoms with Gasteiger partial charge >= 0.3 is 6.54 Å². The van der Waals surface area contributed by atoms with Gasteiger partial charge in [0.1, 0.15) is 11.0 Å². The van der Waals surface area contributed by atoms with E-state index < -0.39 is 0 Å². The van der Waals surface area contributed by atoms with Crippen LogP contribution in [0.5, 0.6) is 0 Å². The van der Waals surface area contributed by atoms with Gasteiger partial charge in [0.15, 0.2) is 0 Å². The summed E-state index contributed by atoms with van der Waals surface area (Å²) in [7, 11) is 0. The predicted octanol–water partition coefficient (Wildman–Crippen LogP) is 1.54. The van der Waals surface area contributed by atoms with Gasteiger partial charge in [-0.05, 0) is 5.56 Å². The van der Waals surface area contributed by atoms with E-state index in [1.54, 1.807) is 0 Å². The number of hydrogen-bond acceptors (Lipinski definition) is 2. The Bertz CT molecular complexity index is 250. The third-order valence-corrected chi connectivity index (χ3v) is 1.51. The lowest BCUT2D eigenvalue weighted by Crippen LogP contribution is -2.12. The van der Waals surface area contributed by atoms with E-state index in [-0.39, 0.29) is 12.6 Å². The summed E-state index contributed by atoms with van der Waals surface area (Å²) in [6, 6.07) is 9.37. The quantitative estimate of drug-likeness (QED) is 0.647. The van der Waals surface area contributed by atoms with Crippen molar-refractivity contribution in [2.24, 2.45) is 5.73 Å². The molecule has 11 heavy (non-hydrogen) atoms. The topological polar surface area (TPSA) is 54.2 Å². The summed E-state index contributed by atoms with van der Waals surface area (Å²) in [5.74, 6) is 0. The van der Waals surface area contributed by atoms with Gasteiger partial charge in [-0.3, -0.25) is 0 Å². The minimum atomic E-state index is -0.193. The maximum atomic E-state index is 8.24. The third kappa shape index (κ3) is 2.03. The van der Waals surface area contributed by atoms with Crippen LogP contribution in [0.15, 0.2) is 30.3 Å². The molecule has 0 saturated heterocycles. The molecule has 0 heterocycles. The molecule has 0 radical (unpaired) electrons. The van der Waals surface area contributed by atoms with Crippen LogP contribution in [0.2, 0.25) is 0 Å². The first-order valence-electron chi connectivity index (χ1n) is 3.46. The lowest BCUT2D eigenvalue weighted by Gasteiger charge is -2.00. The predicted molar refractivity (Wildman–Crippen MR) is 43.3 cm³/mol. The van der Waals surface area contributed by atoms with Crippen LogP contribution in [0, 0.1) is 5.39 Å². The monoisotopic (exact) mass is 148 g/mol. The highest BCUT2D eigenvalue weighted by Gasteiger charge is 2.10. The minimum Gasteiger partial charge on any atom is -0.318 e. The van der Waals surface area contributed by atoms with Crippen molar-refractivity contribution < 1.29 is 0 Å². The Hall–Kier alpha value is -1.40. The molecule has 1 atom stereocenters. The van der Waals surface area contributed by atoms with E-state index in [9.17, 15) is 0 Å². The van der Waals surface area contributed by atoms with Crippen LogP contribution in [0.4, 0.5) is 0 Å². The molecular weight excluding hydrogens is 138 g/mol. The van der Waals surface area contributed by atoms with Gasteiger partial charge in [0, 0.05) is 0 Å². The summed E-state index contributed by atoms with van der Waals surface area (Å²) in [4.78, 5) is 2.99. The molecule has 0 fully saturated rings. The van der Waals surface area contributed by atoms with Gasteiger partial charge in [-0.15, -0.1) is 0 Å². The SMILES string of the molecule is N#[N+]CC(N)c1ccccc1. The van der Waals surface area contributed by atoms with E-state index in [0.717, 1.165) is 5.56 Å². The van der Waals surface area contributed by atoms with Gasteiger partial charge in [-0.2, -0.15) is 0 Å². The molecule has 0 aliphatic carbocycles. The molecule has 1 aromatic carbocycles. The van der Waals surface area contributed by atoms with Gasteiger partial charge in [0.25, 0.3) is 0 Å². The van der Waals surface area contributed by atoms with E-state index >= 15 is 0 Å². The fourth-order valence-electron chi connectivity index (χ4n) is 0.894. The fourth-order valence-corrected chi connectivity index (χ4v) is 0.894. The molecule has 3 nitrogen and oxygen atoms in total. The van der Waals surface area contributed by atoms with E-state index in [0.29, 0.717) is 0 Å². The first kappa shape index (κ1) is 7.70. The Morgan fingerprint density at radius 2 is 2.00 bits per heavy atom. The normalized spacial score (nSPS) is 12.0. The maximum Gasteiger partial charge on any atom is 0.324 e. The molecule has 1 rings (SSSR count). The average molecular weight is 148 g/mol. The molecule has 56 valence electrons. The largest absolute Gasteiger partial charge is 0.324 e. The van der Waals surface area contributed by atoms with Crippen molar-refractivity contribution in [2.75, 3.05) is 6.54 Å². The van der Waals surface area contributed by atoms with E-state index in [1.807, 2.05) is 30.3 Å². The zero-order valence-corrected chi connectivity index (χ0v) is 6.14. The van der Waals surface area contributed by atoms with Gasteiger partial charge in [0.2, 0.25) is 5.39 Å². The Labute approximate surface area is 65.5 Å². The van der Waals surface area contributed by atoms with Gasteiger partial charge < -0.3 is 5.73 Å². The second-order valence-corrected chi connectivity index (χ2v) is 2.34. The number of diazo groups is 1. The van der Waals surface area contributed by atoms with Crippen LogP contribution < -0.4 is 5.73 Å². The van der Waals surface area contributed by atoms with E-state index in [2.05, 4.69) is 4.98 Å². The molecule has 0 amide bonds. The van der Waals surface area contributed by atoms with E-state index in [1.165, 1.54) is 0 Å². The highest BCUT2D eigenvalue weighted by Crippen LogP contribution is 2.08. The standard InChI is InChI=1S/C8H10N3/c9-8(6-11-10)7-4-2-1-3-5-7/h1-5,8H,6,9H2/q+1. The van der Waals surface area contributed by atoms with Crippen LogP contribution in [-0.4, -0.2) is 6.54 Å². The molecule has 3 heteroatoms. The molecule has 1 unspecified atom stereocenters. The van der Waals surface area contributed by atoms with Crippen LogP contribution in [0.3, 0.4) is 0 Å². The second-order valence-electron chi connectivity index (χ2n) is 2.34. The Morgan fingerprint density at radius 1 is 1.36 bits per heavy atom. The van der Waals surface area contributed by atoms with Gasteiger partial charge in [-0.25, -0.2) is 0 Å². The van der Waals surface area contributed by atoms with E-state index in [4.69, 9.17) is 11.1 Å². The van der Waals surface area contributed by atoms with Crippen molar-refractivity contribution in [3.05, 3.63) is 40.9 Å². The lowest BCUT2D eigenvalue weighted by atomic mass is 10.1. The third-order valence-electron chi connectivity index (χ3n) is 1.51. The molecule has 0 bridgehead atoms. The van der Waals surface area contributed by atoms with Crippen LogP contribution in [0.25, 0.3) is 4.98 Å². The van der Waals surface area contributed by atoms with Gasteiger partial charge in [-0.1, -0.05) is 30.3 Å². The Kier molecular flexibility index (Phi) is 2.59. The summed E-state index contributed by atoms with van der Waals surface area (Å²) in [5.41, 5.74) is 6.64. The first-order chi connectivity index (χ1) is 5.34. The van der Waals surface area contributed by atoms with Crippen LogP contribution in [-0.2, 0) is 0 Å². The van der Waals surface area contributed by atoms with Crippen molar-refractivity contribution >= 4 is 0 Å². The van der Waals surface area contributed by atoms with Crippen molar-refractivity contribution in [1.82, 2.24) is 0 Å². The smallest absolute Gasteiger partial charge is 0.318 e. The zero-order valence-electron chi connectivity index (χ0n) is 6.14. The van der Waals surface area contributed by atoms with Crippen molar-refractivity contribution in [3.63, 3.8) is 0 Å². The average Bonchev–Trinajstić information content (AvgIpc) is 2.07. The molecule has 2 N–H and O–H groups in total. The minimum absolute atomic E-state index is 0.193. The van der Waals surface area contributed by atoms with Crippen molar-refractivity contribution in [2.45, 2.75) is 6.04 Å². The highest BCUT2D eigenvalue weighted by molar-refractivity contribution is 5.19. The summed E-state index contributed by atoms with van der Waals surface area (Å²) in [5, 5.41) is 8.24. The number of hydrogen-bond donors (Lipinski definition) is 1. The first-order valence-corrected chi connectivity index (χ1v) is 3.46. The molecule has 0 aliphatic rings. The Morgan fingerprint density at radius 3 is 2.55 bits per heavy atom. The summed E-state index contributed by atoms with van der Waals surface area (Å²) in [6.45, 7) is 0.254. The molecule has 1 aromatic rings. The Balaban J connectivity index is 2.70. The number of nitrogens with two attached hydrogens (primary N) is 1. The van der Waals surface area contributed by atoms with Crippen molar-refractivity contribution in [3.8, 4) is 0 Å². The summed E-state index contributed by atoms with van der Waals surface area (Å²) in [6.07, 6.45) is 0. The van der Waals surface area contributed by atoms with Crippen LogP contribution in [0.1, 0.15) is 11.6 Å². The molecule has 0 saturated carbocycles. The lowest BCUT2D eigenvalue weighted by molar-refractivity contribution is 0.782. The zero-order chi connectivity index (χ0) is 8.10. The second kappa shape index (κ2) is 3.69. The fraction of sp³-hybridized carbons (Fsp3) is 0.250. The number of nitrogens with zero attached hydrogens (tertiary/aromatic N) is 2. The molecule has 0 aliphatic heterocycles. The maximum absolute atomic E-state index is 8.24.